The molecule has 4 aromatic rings. The van der Waals surface area contributed by atoms with Gasteiger partial charge in [-0.1, -0.05) is 18.2 Å². The fourth-order valence-electron chi connectivity index (χ4n) is 3.66. The number of nitriles is 1. The van der Waals surface area contributed by atoms with Crippen LogP contribution in [0.15, 0.2) is 78.6 Å². The molecule has 2 aromatic carbocycles. The van der Waals surface area contributed by atoms with Crippen LogP contribution in [0.3, 0.4) is 0 Å². The van der Waals surface area contributed by atoms with Crippen molar-refractivity contribution in [3.8, 4) is 11.8 Å². The van der Waals surface area contributed by atoms with E-state index in [-0.39, 0.29) is 5.57 Å². The summed E-state index contributed by atoms with van der Waals surface area (Å²) in [6, 6.07) is 20.5. The van der Waals surface area contributed by atoms with Gasteiger partial charge < -0.3 is 19.6 Å². The van der Waals surface area contributed by atoms with E-state index < -0.39 is 11.9 Å². The quantitative estimate of drug-likeness (QED) is 0.259. The minimum atomic E-state index is -0.425. The van der Waals surface area contributed by atoms with Gasteiger partial charge >= 0.3 is 5.97 Å². The molecule has 1 amide bonds. The highest BCUT2D eigenvalue weighted by atomic mass is 16.5. The monoisotopic (exact) mass is 438 g/mol. The highest BCUT2D eigenvalue weighted by Crippen LogP contribution is 2.19. The second-order valence-corrected chi connectivity index (χ2v) is 7.38. The minimum absolute atomic E-state index is 0.0139. The molecular weight excluding hydrogens is 416 g/mol. The Morgan fingerprint density at radius 2 is 1.91 bits per heavy atom. The molecule has 0 saturated heterocycles. The fraction of sp³-hybridized carbons (Fsp3) is 0.115. The van der Waals surface area contributed by atoms with Crippen LogP contribution in [0.1, 0.15) is 21.6 Å². The van der Waals surface area contributed by atoms with Crippen molar-refractivity contribution >= 4 is 28.9 Å². The smallest absolute Gasteiger partial charge is 0.337 e. The van der Waals surface area contributed by atoms with Gasteiger partial charge in [-0.25, -0.2) is 4.79 Å². The van der Waals surface area contributed by atoms with E-state index in [2.05, 4.69) is 10.3 Å². The van der Waals surface area contributed by atoms with Gasteiger partial charge in [-0.2, -0.15) is 5.26 Å². The highest BCUT2D eigenvalue weighted by molar-refractivity contribution is 6.01. The first-order valence-electron chi connectivity index (χ1n) is 10.4. The normalized spacial score (nSPS) is 11.2. The lowest BCUT2D eigenvalue weighted by Gasteiger charge is -2.08. The third-order valence-electron chi connectivity index (χ3n) is 5.36. The molecule has 2 aromatic heterocycles. The van der Waals surface area contributed by atoms with Gasteiger partial charge in [0.15, 0.2) is 0 Å². The van der Waals surface area contributed by atoms with Crippen LogP contribution in [0.5, 0.6) is 0 Å². The Hall–Kier alpha value is -4.57. The number of carbonyl (C=O) groups excluding carboxylic acids is 2. The lowest BCUT2D eigenvalue weighted by atomic mass is 10.1. The van der Waals surface area contributed by atoms with E-state index in [1.807, 2.05) is 59.4 Å². The molecule has 2 N–H and O–H groups in total. The molecule has 4 rings (SSSR count). The Labute approximate surface area is 190 Å². The number of hydrogen-bond acceptors (Lipinski definition) is 4. The van der Waals surface area contributed by atoms with Crippen molar-refractivity contribution < 1.29 is 14.3 Å². The molecule has 0 atom stereocenters. The average Bonchev–Trinajstić information content (AvgIpc) is 3.49. The van der Waals surface area contributed by atoms with Crippen LogP contribution in [0.2, 0.25) is 0 Å². The van der Waals surface area contributed by atoms with E-state index in [1.165, 1.54) is 7.11 Å². The van der Waals surface area contributed by atoms with Crippen molar-refractivity contribution in [1.82, 2.24) is 14.9 Å². The summed E-state index contributed by atoms with van der Waals surface area (Å²) in [5.41, 5.74) is 4.08. The molecule has 2 heterocycles. The van der Waals surface area contributed by atoms with Gasteiger partial charge in [0.05, 0.1) is 12.7 Å². The Kier molecular flexibility index (Phi) is 6.37. The second kappa shape index (κ2) is 9.71. The number of rotatable bonds is 7. The molecule has 164 valence electrons. The van der Waals surface area contributed by atoms with Crippen LogP contribution >= 0.6 is 0 Å². The van der Waals surface area contributed by atoms with Crippen LogP contribution < -0.4 is 5.32 Å². The van der Waals surface area contributed by atoms with E-state index in [0.29, 0.717) is 24.2 Å². The van der Waals surface area contributed by atoms with Crippen molar-refractivity contribution in [2.24, 2.45) is 0 Å². The van der Waals surface area contributed by atoms with Gasteiger partial charge in [-0.05, 0) is 60.5 Å². The molecule has 0 unspecified atom stereocenters. The fourth-order valence-corrected chi connectivity index (χ4v) is 3.66. The molecule has 0 radical (unpaired) electrons. The number of esters is 1. The summed E-state index contributed by atoms with van der Waals surface area (Å²) < 4.78 is 6.55. The summed E-state index contributed by atoms with van der Waals surface area (Å²) >= 11 is 0. The van der Waals surface area contributed by atoms with E-state index in [9.17, 15) is 14.9 Å². The Morgan fingerprint density at radius 3 is 2.67 bits per heavy atom. The Morgan fingerprint density at radius 1 is 1.12 bits per heavy atom. The summed E-state index contributed by atoms with van der Waals surface area (Å²) in [6.07, 6.45) is 5.96. The van der Waals surface area contributed by atoms with Gasteiger partial charge in [0, 0.05) is 41.2 Å². The maximum absolute atomic E-state index is 12.6. The minimum Gasteiger partial charge on any atom is -0.465 e. The summed E-state index contributed by atoms with van der Waals surface area (Å²) in [5, 5.41) is 13.5. The third kappa shape index (κ3) is 4.70. The maximum Gasteiger partial charge on any atom is 0.337 e. The molecule has 33 heavy (non-hydrogen) atoms. The number of hydrogen-bond donors (Lipinski definition) is 2. The number of amides is 1. The highest BCUT2D eigenvalue weighted by Gasteiger charge is 2.12. The largest absolute Gasteiger partial charge is 0.465 e. The van der Waals surface area contributed by atoms with Crippen LogP contribution in [0, 0.1) is 11.3 Å². The first-order chi connectivity index (χ1) is 16.1. The van der Waals surface area contributed by atoms with Gasteiger partial charge in [-0.3, -0.25) is 4.79 Å². The first kappa shape index (κ1) is 21.7. The van der Waals surface area contributed by atoms with Gasteiger partial charge in [0.1, 0.15) is 11.6 Å². The maximum atomic E-state index is 12.6. The molecule has 0 aliphatic heterocycles. The lowest BCUT2D eigenvalue weighted by molar-refractivity contribution is -0.117. The number of nitrogens with one attached hydrogen (secondary N) is 2. The number of benzene rings is 2. The third-order valence-corrected chi connectivity index (χ3v) is 5.36. The zero-order chi connectivity index (χ0) is 23.2. The van der Waals surface area contributed by atoms with Crippen LogP contribution in [0.25, 0.3) is 22.7 Å². The van der Waals surface area contributed by atoms with Crippen LogP contribution in [0.4, 0.5) is 0 Å². The number of nitrogens with zero attached hydrogens (tertiary/aromatic N) is 2. The molecule has 0 bridgehead atoms. The zero-order valence-corrected chi connectivity index (χ0v) is 18.0. The molecule has 0 aliphatic rings. The van der Waals surface area contributed by atoms with Gasteiger partial charge in [0.25, 0.3) is 5.91 Å². The summed E-state index contributed by atoms with van der Waals surface area (Å²) in [5.74, 6) is -0.837. The molecule has 0 saturated carbocycles. The number of aromatic nitrogens is 2. The van der Waals surface area contributed by atoms with E-state index in [4.69, 9.17) is 4.74 Å². The average molecular weight is 438 g/mol. The van der Waals surface area contributed by atoms with Crippen molar-refractivity contribution in [3.05, 3.63) is 95.5 Å². The lowest BCUT2D eigenvalue weighted by Crippen LogP contribution is -2.26. The summed E-state index contributed by atoms with van der Waals surface area (Å²) in [7, 11) is 1.33. The second-order valence-electron chi connectivity index (χ2n) is 7.38. The molecule has 0 fully saturated rings. The predicted molar refractivity (Wildman–Crippen MR) is 126 cm³/mol. The zero-order valence-electron chi connectivity index (χ0n) is 18.0. The van der Waals surface area contributed by atoms with Crippen molar-refractivity contribution in [2.45, 2.75) is 6.42 Å². The van der Waals surface area contributed by atoms with Gasteiger partial charge in [-0.15, -0.1) is 0 Å². The molecule has 7 heteroatoms. The SMILES string of the molecule is COC(=O)c1ccc(-n2cccc2C=C(C#N)C(=O)NCCc2c[nH]c3ccccc23)cc1. The predicted octanol–water partition coefficient (Wildman–Crippen LogP) is 4.01. The molecule has 0 spiro atoms. The number of aromatic amines is 1. The van der Waals surface area contributed by atoms with Crippen LogP contribution in [-0.4, -0.2) is 35.1 Å². The summed E-state index contributed by atoms with van der Waals surface area (Å²) in [6.45, 7) is 0.412. The molecule has 0 aliphatic carbocycles. The first-order valence-corrected chi connectivity index (χ1v) is 10.4. The molecule has 7 nitrogen and oxygen atoms in total. The number of H-pyrrole nitrogens is 1. The van der Waals surface area contributed by atoms with E-state index in [0.717, 1.165) is 22.2 Å². The number of ether oxygens (including phenoxy) is 1. The summed E-state index contributed by atoms with van der Waals surface area (Å²) in [4.78, 5) is 27.5. The van der Waals surface area contributed by atoms with Crippen molar-refractivity contribution in [1.29, 1.82) is 5.26 Å². The van der Waals surface area contributed by atoms with E-state index >= 15 is 0 Å². The Balaban J connectivity index is 1.45. The number of carbonyl (C=O) groups is 2. The van der Waals surface area contributed by atoms with Gasteiger partial charge in [0.2, 0.25) is 0 Å². The Bertz CT molecular complexity index is 1370. The number of fused-ring (bicyclic) bond motifs is 1. The molecular formula is C26H22N4O3. The number of methoxy groups -OCH3 is 1. The van der Waals surface area contributed by atoms with Crippen molar-refractivity contribution in [2.75, 3.05) is 13.7 Å². The van der Waals surface area contributed by atoms with E-state index in [1.54, 1.807) is 30.3 Å². The van der Waals surface area contributed by atoms with Crippen LogP contribution in [-0.2, 0) is 16.0 Å². The standard InChI is InChI=1S/C26H22N4O3/c1-33-26(32)18-8-10-21(11-9-18)30-14-4-5-22(30)15-20(16-27)25(31)28-13-12-19-17-29-24-7-3-2-6-23(19)24/h2-11,14-15,17,29H,12-13H2,1H3,(H,28,31). The topological polar surface area (TPSA) is 99.9 Å². The number of para-hydroxylation sites is 1. The van der Waals surface area contributed by atoms with Crippen molar-refractivity contribution in [3.63, 3.8) is 0 Å².